The zero-order valence-electron chi connectivity index (χ0n) is 19.4. The number of benzene rings is 2. The van der Waals surface area contributed by atoms with Gasteiger partial charge in [-0.1, -0.05) is 54.6 Å². The van der Waals surface area contributed by atoms with Gasteiger partial charge >= 0.3 is 0 Å². The number of carbonyl (C=O) groups is 2. The quantitative estimate of drug-likeness (QED) is 0.545. The van der Waals surface area contributed by atoms with Crippen LogP contribution < -0.4 is 5.32 Å². The molecule has 2 N–H and O–H groups in total. The lowest BCUT2D eigenvalue weighted by Crippen LogP contribution is -2.53. The molecule has 1 fully saturated rings. The summed E-state index contributed by atoms with van der Waals surface area (Å²) in [6.07, 6.45) is -0.282. The Hall–Kier alpha value is -2.74. The first-order valence-corrected chi connectivity index (χ1v) is 11.6. The summed E-state index contributed by atoms with van der Waals surface area (Å²) in [4.78, 5) is 28.5. The smallest absolute Gasteiger partial charge is 0.255 e. The van der Waals surface area contributed by atoms with Gasteiger partial charge in [0.25, 0.3) is 11.8 Å². The minimum absolute atomic E-state index is 0.0301. The summed E-state index contributed by atoms with van der Waals surface area (Å²) < 4.78 is 11.6. The first-order chi connectivity index (χ1) is 16.1. The maximum atomic E-state index is 13.6. The Morgan fingerprint density at radius 3 is 2.27 bits per heavy atom. The van der Waals surface area contributed by atoms with Crippen molar-refractivity contribution in [1.82, 2.24) is 10.2 Å². The lowest BCUT2D eigenvalue weighted by molar-refractivity contribution is -0.163. The Morgan fingerprint density at radius 1 is 1.00 bits per heavy atom. The Labute approximate surface area is 195 Å². The van der Waals surface area contributed by atoms with E-state index in [0.29, 0.717) is 13.2 Å². The SMILES string of the molecule is CCO[C@@H](C(=O)NCc1ccc(CO)cc1)[C@@H](OCC)C(=O)N1CCC[C@@H]1c1ccccc1. The first-order valence-electron chi connectivity index (χ1n) is 11.6. The molecule has 0 unspecified atom stereocenters. The van der Waals surface area contributed by atoms with Crippen LogP contribution in [0.15, 0.2) is 54.6 Å². The summed E-state index contributed by atoms with van der Waals surface area (Å²) in [5.74, 6) is -0.602. The van der Waals surface area contributed by atoms with Crippen molar-refractivity contribution in [2.75, 3.05) is 19.8 Å². The molecule has 7 nitrogen and oxygen atoms in total. The highest BCUT2D eigenvalue weighted by Gasteiger charge is 2.41. The van der Waals surface area contributed by atoms with Crippen molar-refractivity contribution in [2.45, 2.75) is 58.1 Å². The third kappa shape index (κ3) is 6.41. The summed E-state index contributed by atoms with van der Waals surface area (Å²) in [5.41, 5.74) is 2.78. The van der Waals surface area contributed by atoms with Crippen molar-refractivity contribution in [3.63, 3.8) is 0 Å². The highest BCUT2D eigenvalue weighted by molar-refractivity contribution is 5.91. The molecule has 7 heteroatoms. The number of hydrogen-bond donors (Lipinski definition) is 2. The number of carbonyl (C=O) groups excluding carboxylic acids is 2. The highest BCUT2D eigenvalue weighted by atomic mass is 16.5. The van der Waals surface area contributed by atoms with Crippen molar-refractivity contribution in [1.29, 1.82) is 0 Å². The number of hydrogen-bond acceptors (Lipinski definition) is 5. The normalized spacial score (nSPS) is 17.5. The summed E-state index contributed by atoms with van der Waals surface area (Å²) in [7, 11) is 0. The molecule has 0 aromatic heterocycles. The molecule has 2 aromatic rings. The van der Waals surface area contributed by atoms with Crippen LogP contribution in [-0.2, 0) is 32.2 Å². The lowest BCUT2D eigenvalue weighted by atomic mass is 10.0. The van der Waals surface area contributed by atoms with Crippen LogP contribution in [0.4, 0.5) is 0 Å². The predicted molar refractivity (Wildman–Crippen MR) is 125 cm³/mol. The number of nitrogens with one attached hydrogen (secondary N) is 1. The maximum Gasteiger partial charge on any atom is 0.255 e. The molecule has 33 heavy (non-hydrogen) atoms. The molecule has 3 atom stereocenters. The van der Waals surface area contributed by atoms with Crippen LogP contribution in [-0.4, -0.2) is 53.8 Å². The zero-order chi connectivity index (χ0) is 23.6. The van der Waals surface area contributed by atoms with Gasteiger partial charge < -0.3 is 24.8 Å². The second-order valence-electron chi connectivity index (χ2n) is 8.04. The second-order valence-corrected chi connectivity index (χ2v) is 8.04. The molecule has 0 bridgehead atoms. The van der Waals surface area contributed by atoms with Crippen LogP contribution >= 0.6 is 0 Å². The minimum Gasteiger partial charge on any atom is -0.392 e. The maximum absolute atomic E-state index is 13.6. The number of likely N-dealkylation sites (tertiary alicyclic amines) is 1. The Balaban J connectivity index is 1.74. The average Bonchev–Trinajstić information content (AvgIpc) is 3.35. The van der Waals surface area contributed by atoms with Gasteiger partial charge in [-0.05, 0) is 43.4 Å². The summed E-state index contributed by atoms with van der Waals surface area (Å²) >= 11 is 0. The Morgan fingerprint density at radius 2 is 1.64 bits per heavy atom. The number of amides is 2. The Bertz CT molecular complexity index is 887. The number of rotatable bonds is 11. The summed E-state index contributed by atoms with van der Waals surface area (Å²) in [5, 5.41) is 12.1. The largest absolute Gasteiger partial charge is 0.392 e. The summed E-state index contributed by atoms with van der Waals surface area (Å²) in [6, 6.07) is 17.2. The van der Waals surface area contributed by atoms with Crippen molar-refractivity contribution >= 4 is 11.8 Å². The molecule has 1 heterocycles. The van der Waals surface area contributed by atoms with Crippen molar-refractivity contribution < 1.29 is 24.2 Å². The van der Waals surface area contributed by atoms with Gasteiger partial charge in [0, 0.05) is 26.3 Å². The molecule has 1 saturated heterocycles. The fourth-order valence-corrected chi connectivity index (χ4v) is 4.22. The third-order valence-corrected chi connectivity index (χ3v) is 5.86. The van der Waals surface area contributed by atoms with Crippen LogP contribution in [0.1, 0.15) is 49.4 Å². The monoisotopic (exact) mass is 454 g/mol. The van der Waals surface area contributed by atoms with Gasteiger partial charge in [0.05, 0.1) is 12.6 Å². The Kier molecular flexibility index (Phi) is 9.42. The number of ether oxygens (including phenoxy) is 2. The molecule has 0 saturated carbocycles. The topological polar surface area (TPSA) is 88.1 Å². The molecule has 1 aliphatic heterocycles. The van der Waals surface area contributed by atoms with E-state index >= 15 is 0 Å². The van der Waals surface area contributed by atoms with Crippen molar-refractivity contribution in [2.24, 2.45) is 0 Å². The third-order valence-electron chi connectivity index (χ3n) is 5.86. The fraction of sp³-hybridized carbons (Fsp3) is 0.462. The first kappa shape index (κ1) is 24.9. The molecular weight excluding hydrogens is 420 g/mol. The molecule has 0 radical (unpaired) electrons. The van der Waals surface area contributed by atoms with E-state index < -0.39 is 12.2 Å². The molecule has 2 amide bonds. The molecule has 0 aliphatic carbocycles. The van der Waals surface area contributed by atoms with Gasteiger partial charge in [0.1, 0.15) is 0 Å². The molecule has 3 rings (SSSR count). The average molecular weight is 455 g/mol. The van der Waals surface area contributed by atoms with Crippen LogP contribution in [0.2, 0.25) is 0 Å². The van der Waals surface area contributed by atoms with Gasteiger partial charge in [0.15, 0.2) is 12.2 Å². The lowest BCUT2D eigenvalue weighted by Gasteiger charge is -2.32. The molecular formula is C26H34N2O5. The number of aliphatic hydroxyl groups excluding tert-OH is 1. The minimum atomic E-state index is -1.05. The van der Waals surface area contributed by atoms with Gasteiger partial charge in [-0.2, -0.15) is 0 Å². The van der Waals surface area contributed by atoms with E-state index in [-0.39, 0.29) is 37.6 Å². The van der Waals surface area contributed by atoms with Gasteiger partial charge in [0.2, 0.25) is 0 Å². The van der Waals surface area contributed by atoms with E-state index in [1.807, 2.05) is 66.4 Å². The van der Waals surface area contributed by atoms with Crippen molar-refractivity contribution in [3.8, 4) is 0 Å². The number of aliphatic hydroxyl groups is 1. The summed E-state index contributed by atoms with van der Waals surface area (Å²) in [6.45, 7) is 5.06. The van der Waals surface area contributed by atoms with Gasteiger partial charge in [-0.25, -0.2) is 0 Å². The predicted octanol–water partition coefficient (Wildman–Crippen LogP) is 2.97. The van der Waals surface area contributed by atoms with E-state index in [1.54, 1.807) is 6.92 Å². The van der Waals surface area contributed by atoms with Gasteiger partial charge in [-0.15, -0.1) is 0 Å². The van der Waals surface area contributed by atoms with E-state index in [4.69, 9.17) is 9.47 Å². The van der Waals surface area contributed by atoms with E-state index in [9.17, 15) is 14.7 Å². The fourth-order valence-electron chi connectivity index (χ4n) is 4.22. The molecule has 1 aliphatic rings. The molecule has 2 aromatic carbocycles. The van der Waals surface area contributed by atoms with Gasteiger partial charge in [-0.3, -0.25) is 9.59 Å². The zero-order valence-corrected chi connectivity index (χ0v) is 19.4. The second kappa shape index (κ2) is 12.5. The number of nitrogens with zero attached hydrogens (tertiary/aromatic N) is 1. The van der Waals surface area contributed by atoms with Crippen LogP contribution in [0, 0.1) is 0 Å². The van der Waals surface area contributed by atoms with Crippen LogP contribution in [0.3, 0.4) is 0 Å². The van der Waals surface area contributed by atoms with Crippen LogP contribution in [0.5, 0.6) is 0 Å². The highest BCUT2D eigenvalue weighted by Crippen LogP contribution is 2.33. The van der Waals surface area contributed by atoms with Crippen LogP contribution in [0.25, 0.3) is 0 Å². The van der Waals surface area contributed by atoms with E-state index in [0.717, 1.165) is 29.5 Å². The standard InChI is InChI=1S/C26H34N2O5/c1-3-32-23(25(30)27-17-19-12-14-20(18-29)15-13-19)24(33-4-2)26(31)28-16-8-11-22(28)21-9-6-5-7-10-21/h5-7,9-10,12-15,22-24,29H,3-4,8,11,16-18H2,1-2H3,(H,27,30)/t22-,23-,24-/m1/s1. The van der Waals surface area contributed by atoms with Crippen molar-refractivity contribution in [3.05, 3.63) is 71.3 Å². The van der Waals surface area contributed by atoms with E-state index in [1.165, 1.54) is 0 Å². The van der Waals surface area contributed by atoms with E-state index in [2.05, 4.69) is 5.32 Å². The molecule has 178 valence electrons. The molecule has 0 spiro atoms.